The molecule has 3 rings (SSSR count). The van der Waals surface area contributed by atoms with Gasteiger partial charge in [-0.1, -0.05) is 12.8 Å². The van der Waals surface area contributed by atoms with Crippen LogP contribution in [0.2, 0.25) is 0 Å². The topological polar surface area (TPSA) is 94.2 Å². The summed E-state index contributed by atoms with van der Waals surface area (Å²) in [5.41, 5.74) is 0.396. The molecule has 1 heterocycles. The Morgan fingerprint density at radius 2 is 2.05 bits per heavy atom. The van der Waals surface area contributed by atoms with Crippen LogP contribution in [0.15, 0.2) is 17.2 Å². The van der Waals surface area contributed by atoms with E-state index in [0.29, 0.717) is 12.2 Å². The highest BCUT2D eigenvalue weighted by Gasteiger charge is 2.29. The van der Waals surface area contributed by atoms with Gasteiger partial charge >= 0.3 is 0 Å². The molecular formula is C14H21N3O3S. The lowest BCUT2D eigenvalue weighted by molar-refractivity contribution is 0.0943. The number of nitrogens with zero attached hydrogens (tertiary/aromatic N) is 1. The lowest BCUT2D eigenvalue weighted by Crippen LogP contribution is -2.26. The van der Waals surface area contributed by atoms with Crippen LogP contribution < -0.4 is 10.5 Å². The molecule has 0 radical (unpaired) electrons. The molecule has 0 atom stereocenters. The average Bonchev–Trinajstić information content (AvgIpc) is 3.32. The molecule has 7 heteroatoms. The van der Waals surface area contributed by atoms with Crippen LogP contribution in [0.5, 0.6) is 0 Å². The van der Waals surface area contributed by atoms with E-state index < -0.39 is 10.0 Å². The summed E-state index contributed by atoms with van der Waals surface area (Å²) < 4.78 is 24.6. The van der Waals surface area contributed by atoms with Gasteiger partial charge in [0.2, 0.25) is 10.0 Å². The minimum atomic E-state index is -3.77. The van der Waals surface area contributed by atoms with Crippen LogP contribution in [-0.4, -0.2) is 25.4 Å². The molecule has 3 N–H and O–H groups in total. The van der Waals surface area contributed by atoms with Crippen LogP contribution in [0, 0.1) is 5.92 Å². The summed E-state index contributed by atoms with van der Waals surface area (Å²) in [5.74, 6) is 0.638. The molecule has 6 nitrogen and oxygen atoms in total. The van der Waals surface area contributed by atoms with Gasteiger partial charge in [0.15, 0.2) is 0 Å². The van der Waals surface area contributed by atoms with E-state index in [0.717, 1.165) is 31.6 Å². The number of carbonyl (C=O) groups is 1. The van der Waals surface area contributed by atoms with Crippen LogP contribution in [-0.2, 0) is 10.0 Å². The Kier molecular flexibility index (Phi) is 3.79. The van der Waals surface area contributed by atoms with E-state index in [1.165, 1.54) is 25.1 Å². The summed E-state index contributed by atoms with van der Waals surface area (Å²) in [6, 6.07) is 1.61. The van der Waals surface area contributed by atoms with Crippen molar-refractivity contribution < 1.29 is 13.2 Å². The van der Waals surface area contributed by atoms with Crippen molar-refractivity contribution in [3.05, 3.63) is 18.0 Å². The highest BCUT2D eigenvalue weighted by molar-refractivity contribution is 7.89. The summed E-state index contributed by atoms with van der Waals surface area (Å²) in [4.78, 5) is 12.2. The molecular weight excluding hydrogens is 290 g/mol. The van der Waals surface area contributed by atoms with Gasteiger partial charge in [0, 0.05) is 18.8 Å². The fourth-order valence-electron chi connectivity index (χ4n) is 2.54. The molecule has 0 unspecified atom stereocenters. The van der Waals surface area contributed by atoms with E-state index in [2.05, 4.69) is 5.32 Å². The first kappa shape index (κ1) is 14.6. The van der Waals surface area contributed by atoms with Crippen LogP contribution in [0.25, 0.3) is 0 Å². The van der Waals surface area contributed by atoms with E-state index in [1.807, 2.05) is 0 Å². The number of aromatic nitrogens is 1. The second kappa shape index (κ2) is 5.46. The quantitative estimate of drug-likeness (QED) is 0.745. The van der Waals surface area contributed by atoms with Crippen LogP contribution in [0.4, 0.5) is 0 Å². The molecule has 0 aliphatic heterocycles. The van der Waals surface area contributed by atoms with Crippen molar-refractivity contribution in [3.63, 3.8) is 0 Å². The molecule has 0 aromatic carbocycles. The van der Waals surface area contributed by atoms with Gasteiger partial charge in [0.05, 0.1) is 0 Å². The van der Waals surface area contributed by atoms with Crippen LogP contribution in [0.1, 0.15) is 55.1 Å². The molecule has 116 valence electrons. The van der Waals surface area contributed by atoms with E-state index in [-0.39, 0.29) is 16.8 Å². The normalized spacial score (nSPS) is 18.7. The smallest absolute Gasteiger partial charge is 0.267 e. The molecule has 0 bridgehead atoms. The third-order valence-corrected chi connectivity index (χ3v) is 4.98. The maximum atomic E-state index is 12.2. The molecule has 0 saturated heterocycles. The first-order valence-electron chi connectivity index (χ1n) is 7.48. The van der Waals surface area contributed by atoms with Gasteiger partial charge in [-0.3, -0.25) is 4.79 Å². The monoisotopic (exact) mass is 311 g/mol. The lowest BCUT2D eigenvalue weighted by Gasteiger charge is -2.08. The molecule has 2 saturated carbocycles. The van der Waals surface area contributed by atoms with Crippen molar-refractivity contribution in [1.82, 2.24) is 9.88 Å². The predicted octanol–water partition coefficient (Wildman–Crippen LogP) is 1.39. The van der Waals surface area contributed by atoms with Crippen molar-refractivity contribution in [3.8, 4) is 0 Å². The minimum Gasteiger partial charge on any atom is -0.351 e. The number of rotatable bonds is 7. The lowest BCUT2D eigenvalue weighted by atomic mass is 10.2. The second-order valence-electron chi connectivity index (χ2n) is 6.09. The number of nitrogens with two attached hydrogens (primary N) is 1. The number of carbonyl (C=O) groups excluding carboxylic acids is 1. The predicted molar refractivity (Wildman–Crippen MR) is 78.4 cm³/mol. The van der Waals surface area contributed by atoms with E-state index >= 15 is 0 Å². The van der Waals surface area contributed by atoms with Gasteiger partial charge in [-0.15, -0.1) is 0 Å². The van der Waals surface area contributed by atoms with Gasteiger partial charge in [0.25, 0.3) is 5.91 Å². The summed E-state index contributed by atoms with van der Waals surface area (Å²) >= 11 is 0. The third-order valence-electron chi connectivity index (χ3n) is 4.10. The Bertz CT molecular complexity index is 642. The van der Waals surface area contributed by atoms with Crippen LogP contribution >= 0.6 is 0 Å². The molecule has 1 aromatic rings. The fourth-order valence-corrected chi connectivity index (χ4v) is 3.07. The zero-order chi connectivity index (χ0) is 15.0. The molecule has 2 fully saturated rings. The summed E-state index contributed by atoms with van der Waals surface area (Å²) in [5, 5.41) is 8.02. The standard InChI is InChI=1S/C14H21N3O3S/c15-21(19,20)12-8-13(17(9-12)11-5-6-11)14(18)16-7-1-2-10-3-4-10/h8-11H,1-7H2,(H,16,18)(H2,15,19,20). The Hall–Kier alpha value is -1.34. The van der Waals surface area contributed by atoms with Crippen molar-refractivity contribution in [1.29, 1.82) is 0 Å². The zero-order valence-electron chi connectivity index (χ0n) is 11.9. The number of nitrogens with one attached hydrogen (secondary N) is 1. The zero-order valence-corrected chi connectivity index (χ0v) is 12.7. The SMILES string of the molecule is NS(=O)(=O)c1cc(C(=O)NCCCC2CC2)n(C2CC2)c1. The van der Waals surface area contributed by atoms with Crippen molar-refractivity contribution in [2.24, 2.45) is 11.1 Å². The van der Waals surface area contributed by atoms with Crippen molar-refractivity contribution in [2.45, 2.75) is 49.5 Å². The molecule has 1 aromatic heterocycles. The first-order chi connectivity index (χ1) is 9.95. The largest absolute Gasteiger partial charge is 0.351 e. The number of primary sulfonamides is 1. The van der Waals surface area contributed by atoms with Gasteiger partial charge in [0.1, 0.15) is 10.6 Å². The van der Waals surface area contributed by atoms with Gasteiger partial charge in [-0.05, 0) is 37.7 Å². The highest BCUT2D eigenvalue weighted by atomic mass is 32.2. The van der Waals surface area contributed by atoms with Crippen molar-refractivity contribution in [2.75, 3.05) is 6.54 Å². The Labute approximate surface area is 124 Å². The summed E-state index contributed by atoms with van der Waals surface area (Å²) in [6.07, 6.45) is 8.19. The Morgan fingerprint density at radius 1 is 1.33 bits per heavy atom. The van der Waals surface area contributed by atoms with Gasteiger partial charge < -0.3 is 9.88 Å². The van der Waals surface area contributed by atoms with Crippen LogP contribution in [0.3, 0.4) is 0 Å². The number of amides is 1. The summed E-state index contributed by atoms with van der Waals surface area (Å²) in [6.45, 7) is 0.635. The molecule has 2 aliphatic rings. The molecule has 0 spiro atoms. The minimum absolute atomic E-state index is 0.0116. The number of hydrogen-bond donors (Lipinski definition) is 2. The Balaban J connectivity index is 1.67. The number of sulfonamides is 1. The summed E-state index contributed by atoms with van der Waals surface area (Å²) in [7, 11) is -3.77. The van der Waals surface area contributed by atoms with E-state index in [4.69, 9.17) is 5.14 Å². The second-order valence-corrected chi connectivity index (χ2v) is 7.65. The van der Waals surface area contributed by atoms with E-state index in [1.54, 1.807) is 4.57 Å². The number of hydrogen-bond acceptors (Lipinski definition) is 3. The van der Waals surface area contributed by atoms with Gasteiger partial charge in [-0.25, -0.2) is 13.6 Å². The van der Waals surface area contributed by atoms with Crippen molar-refractivity contribution >= 4 is 15.9 Å². The maximum Gasteiger partial charge on any atom is 0.267 e. The third kappa shape index (κ3) is 3.65. The highest BCUT2D eigenvalue weighted by Crippen LogP contribution is 2.37. The van der Waals surface area contributed by atoms with Gasteiger partial charge in [-0.2, -0.15) is 0 Å². The fraction of sp³-hybridized carbons (Fsp3) is 0.643. The maximum absolute atomic E-state index is 12.2. The Morgan fingerprint density at radius 3 is 2.62 bits per heavy atom. The van der Waals surface area contributed by atoms with E-state index in [9.17, 15) is 13.2 Å². The molecule has 21 heavy (non-hydrogen) atoms. The average molecular weight is 311 g/mol. The molecule has 2 aliphatic carbocycles. The first-order valence-corrected chi connectivity index (χ1v) is 9.02. The molecule has 1 amide bonds.